The number of hydrogen-bond donors (Lipinski definition) is 3. The second-order valence-electron chi connectivity index (χ2n) is 5.79. The first-order chi connectivity index (χ1) is 13.0. The summed E-state index contributed by atoms with van der Waals surface area (Å²) in [6.45, 7) is -0.861. The number of aromatic amines is 1. The summed E-state index contributed by atoms with van der Waals surface area (Å²) in [5, 5.41) is 9.41. The smallest absolute Gasteiger partial charge is 0.388 e. The molecule has 1 aliphatic heterocycles. The Kier molecular flexibility index (Phi) is 6.35. The van der Waals surface area contributed by atoms with Gasteiger partial charge in [-0.3, -0.25) is 5.10 Å². The molecular weight excluding hydrogens is 384 g/mol. The highest BCUT2D eigenvalue weighted by Crippen LogP contribution is 2.21. The minimum Gasteiger partial charge on any atom is -0.415 e. The van der Waals surface area contributed by atoms with Crippen LogP contribution in [0, 0.1) is 5.92 Å². The van der Waals surface area contributed by atoms with Crippen LogP contribution in [-0.4, -0.2) is 52.4 Å². The van der Waals surface area contributed by atoms with Crippen molar-refractivity contribution in [3.05, 3.63) is 23.1 Å². The molecule has 27 heavy (non-hydrogen) atoms. The zero-order valence-electron chi connectivity index (χ0n) is 14.2. The molecule has 4 N–H and O–H groups in total. The molecule has 146 valence electrons. The summed E-state index contributed by atoms with van der Waals surface area (Å²) in [4.78, 5) is 12.5. The van der Waals surface area contributed by atoms with E-state index in [4.69, 9.17) is 22.1 Å². The van der Waals surface area contributed by atoms with Crippen LogP contribution >= 0.6 is 11.6 Å². The number of nitrogens with two attached hydrogens (primary N) is 1. The second kappa shape index (κ2) is 8.91. The van der Waals surface area contributed by atoms with Gasteiger partial charge in [0, 0.05) is 25.8 Å². The molecule has 0 atom stereocenters. The fraction of sp³-hybridized carbons (Fsp3) is 0.467. The molecule has 2 aromatic heterocycles. The molecule has 9 nitrogen and oxygen atoms in total. The largest absolute Gasteiger partial charge is 0.415 e. The predicted octanol–water partition coefficient (Wildman–Crippen LogP) is 2.33. The molecule has 0 bridgehead atoms. The molecule has 0 radical (unpaired) electrons. The van der Waals surface area contributed by atoms with Crippen molar-refractivity contribution < 1.29 is 18.3 Å². The number of nitrogens with zero attached hydrogens (tertiary/aromatic N) is 4. The van der Waals surface area contributed by atoms with Crippen LogP contribution in [0.25, 0.3) is 0 Å². The van der Waals surface area contributed by atoms with Crippen LogP contribution in [0.15, 0.2) is 17.3 Å². The summed E-state index contributed by atoms with van der Waals surface area (Å²) < 4.78 is 33.9. The molecule has 0 saturated carbocycles. The molecule has 0 aliphatic carbocycles. The zero-order valence-corrected chi connectivity index (χ0v) is 14.9. The lowest BCUT2D eigenvalue weighted by atomic mass is 10.0. The van der Waals surface area contributed by atoms with Crippen LogP contribution in [0.3, 0.4) is 0 Å². The van der Waals surface area contributed by atoms with Gasteiger partial charge in [-0.25, -0.2) is 15.0 Å². The Morgan fingerprint density at radius 3 is 3.00 bits per heavy atom. The lowest BCUT2D eigenvalue weighted by Gasteiger charge is -2.22. The van der Waals surface area contributed by atoms with Crippen molar-refractivity contribution in [2.75, 3.05) is 25.1 Å². The van der Waals surface area contributed by atoms with E-state index in [1.165, 1.54) is 12.3 Å². The van der Waals surface area contributed by atoms with E-state index < -0.39 is 6.61 Å². The number of rotatable bonds is 7. The average Bonchev–Trinajstić information content (AvgIpc) is 3.06. The Hall–Kier alpha value is -2.53. The van der Waals surface area contributed by atoms with Crippen LogP contribution in [0.5, 0.6) is 5.88 Å². The molecule has 12 heteroatoms. The van der Waals surface area contributed by atoms with Crippen LogP contribution in [0.2, 0.25) is 5.15 Å². The number of nitrogens with one attached hydrogen (secondary N) is 2. The first-order valence-corrected chi connectivity index (χ1v) is 8.58. The van der Waals surface area contributed by atoms with Crippen molar-refractivity contribution in [2.24, 2.45) is 16.6 Å². The molecule has 1 fully saturated rings. The molecule has 0 aromatic carbocycles. The highest BCUT2D eigenvalue weighted by molar-refractivity contribution is 6.29. The number of anilines is 1. The van der Waals surface area contributed by atoms with Gasteiger partial charge < -0.3 is 20.5 Å². The molecule has 1 aliphatic rings. The van der Waals surface area contributed by atoms with E-state index in [0.717, 1.165) is 26.1 Å². The summed E-state index contributed by atoms with van der Waals surface area (Å²) in [5.74, 6) is 0.679. The van der Waals surface area contributed by atoms with E-state index in [0.29, 0.717) is 18.3 Å². The number of halogens is 3. The Morgan fingerprint density at radius 2 is 2.26 bits per heavy atom. The lowest BCUT2D eigenvalue weighted by Crippen LogP contribution is -2.25. The molecule has 3 heterocycles. The minimum atomic E-state index is -2.98. The van der Waals surface area contributed by atoms with Crippen LogP contribution < -0.4 is 15.8 Å². The number of H-pyrrole nitrogens is 1. The predicted molar refractivity (Wildman–Crippen MR) is 94.7 cm³/mol. The third-order valence-electron chi connectivity index (χ3n) is 3.88. The number of hydrogen-bond acceptors (Lipinski definition) is 7. The maximum Gasteiger partial charge on any atom is 0.388 e. The van der Waals surface area contributed by atoms with Crippen molar-refractivity contribution >= 4 is 29.1 Å². The molecule has 1 saturated heterocycles. The fourth-order valence-electron chi connectivity index (χ4n) is 2.56. The van der Waals surface area contributed by atoms with Gasteiger partial charge in [-0.15, -0.1) is 5.10 Å². The van der Waals surface area contributed by atoms with E-state index in [9.17, 15) is 8.78 Å². The normalized spacial score (nSPS) is 15.9. The minimum absolute atomic E-state index is 0.0147. The van der Waals surface area contributed by atoms with Gasteiger partial charge in [-0.1, -0.05) is 11.6 Å². The summed E-state index contributed by atoms with van der Waals surface area (Å²) in [7, 11) is 0. The maximum absolute atomic E-state index is 12.2. The molecule has 0 unspecified atom stereocenters. The standard InChI is InChI=1S/C15H18ClF2N7O2/c16-9-7-20-12(14(22-9)21-6-8-1-3-26-4-2-8)13(19)23-10-5-11(25-24-10)27-15(17)18/h5,7-8,15H,1-4,6H2,(H,21,22)(H3,19,23,24,25). The Balaban J connectivity index is 1.75. The fourth-order valence-corrected chi connectivity index (χ4v) is 2.69. The number of amidine groups is 1. The van der Waals surface area contributed by atoms with Gasteiger partial charge in [0.05, 0.1) is 6.20 Å². The van der Waals surface area contributed by atoms with Gasteiger partial charge in [-0.2, -0.15) is 8.78 Å². The van der Waals surface area contributed by atoms with Crippen molar-refractivity contribution in [3.63, 3.8) is 0 Å². The second-order valence-corrected chi connectivity index (χ2v) is 6.18. The number of aliphatic imine (C=N–C) groups is 1. The molecular formula is C15H18ClF2N7O2. The molecule has 3 rings (SSSR count). The van der Waals surface area contributed by atoms with Crippen molar-refractivity contribution in [2.45, 2.75) is 19.5 Å². The molecule has 0 amide bonds. The summed E-state index contributed by atoms with van der Waals surface area (Å²) in [6.07, 6.45) is 3.24. The van der Waals surface area contributed by atoms with Crippen molar-refractivity contribution in [1.82, 2.24) is 20.2 Å². The van der Waals surface area contributed by atoms with Crippen LogP contribution in [0.1, 0.15) is 18.5 Å². The van der Waals surface area contributed by atoms with Crippen molar-refractivity contribution in [3.8, 4) is 5.88 Å². The monoisotopic (exact) mass is 401 g/mol. The van der Waals surface area contributed by atoms with E-state index >= 15 is 0 Å². The number of ether oxygens (including phenoxy) is 2. The van der Waals surface area contributed by atoms with Crippen molar-refractivity contribution in [1.29, 1.82) is 0 Å². The SMILES string of the molecule is N/C(=N\c1cc(OC(F)F)n[nH]1)c1ncc(Cl)nc1NCC1CCOCC1. The highest BCUT2D eigenvalue weighted by atomic mass is 35.5. The van der Waals surface area contributed by atoms with Gasteiger partial charge in [0.25, 0.3) is 0 Å². The van der Waals surface area contributed by atoms with Gasteiger partial charge in [0.15, 0.2) is 17.5 Å². The highest BCUT2D eigenvalue weighted by Gasteiger charge is 2.17. The first kappa shape index (κ1) is 19.2. The van der Waals surface area contributed by atoms with E-state index in [-0.39, 0.29) is 28.4 Å². The number of alkyl halides is 2. The summed E-state index contributed by atoms with van der Waals surface area (Å²) in [6, 6.07) is 1.19. The Morgan fingerprint density at radius 1 is 1.48 bits per heavy atom. The lowest BCUT2D eigenvalue weighted by molar-refractivity contribution is -0.0528. The van der Waals surface area contributed by atoms with Gasteiger partial charge in [-0.05, 0) is 18.8 Å². The first-order valence-electron chi connectivity index (χ1n) is 8.20. The Bertz CT molecular complexity index is 796. The third kappa shape index (κ3) is 5.47. The van der Waals surface area contributed by atoms with E-state index in [1.54, 1.807) is 0 Å². The Labute approximate surface area is 158 Å². The summed E-state index contributed by atoms with van der Waals surface area (Å²) >= 11 is 5.94. The molecule has 0 spiro atoms. The van der Waals surface area contributed by atoms with E-state index in [1.807, 2.05) is 0 Å². The van der Waals surface area contributed by atoms with Crippen LogP contribution in [0.4, 0.5) is 20.4 Å². The summed E-state index contributed by atoms with van der Waals surface area (Å²) in [5.41, 5.74) is 6.29. The number of aromatic nitrogens is 4. The molecule has 2 aromatic rings. The average molecular weight is 402 g/mol. The third-order valence-corrected chi connectivity index (χ3v) is 4.06. The van der Waals surface area contributed by atoms with Gasteiger partial charge in [0.2, 0.25) is 5.88 Å². The van der Waals surface area contributed by atoms with Gasteiger partial charge >= 0.3 is 6.61 Å². The maximum atomic E-state index is 12.2. The topological polar surface area (TPSA) is 123 Å². The van der Waals surface area contributed by atoms with Gasteiger partial charge in [0.1, 0.15) is 10.8 Å². The zero-order chi connectivity index (χ0) is 19.2. The van der Waals surface area contributed by atoms with Crippen LogP contribution in [-0.2, 0) is 4.74 Å². The van der Waals surface area contributed by atoms with E-state index in [2.05, 4.69) is 35.2 Å². The quantitative estimate of drug-likeness (QED) is 0.480.